The molecule has 1 amide bonds. The summed E-state index contributed by atoms with van der Waals surface area (Å²) >= 11 is 6.02. The highest BCUT2D eigenvalue weighted by Crippen LogP contribution is 2.28. The van der Waals surface area contributed by atoms with E-state index < -0.39 is 15.7 Å². The van der Waals surface area contributed by atoms with Crippen LogP contribution in [-0.4, -0.2) is 25.6 Å². The van der Waals surface area contributed by atoms with E-state index in [0.717, 1.165) is 6.26 Å². The van der Waals surface area contributed by atoms with Crippen molar-refractivity contribution >= 4 is 44.1 Å². The lowest BCUT2D eigenvalue weighted by molar-refractivity contribution is 0.102. The molecule has 0 aliphatic rings. The summed E-state index contributed by atoms with van der Waals surface area (Å²) in [6.45, 7) is 0. The molecule has 7 nitrogen and oxygen atoms in total. The van der Waals surface area contributed by atoms with Crippen LogP contribution < -0.4 is 5.32 Å². The Hall–Kier alpha value is -3.67. The molecule has 31 heavy (non-hydrogen) atoms. The largest absolute Gasteiger partial charge is 0.436 e. The van der Waals surface area contributed by atoms with Crippen molar-refractivity contribution < 1.29 is 17.6 Å². The maximum absolute atomic E-state index is 12.8. The third-order valence-electron chi connectivity index (χ3n) is 4.47. The van der Waals surface area contributed by atoms with E-state index in [9.17, 15) is 13.2 Å². The molecule has 0 fully saturated rings. The number of halogens is 1. The molecule has 0 aliphatic carbocycles. The summed E-state index contributed by atoms with van der Waals surface area (Å²) in [5, 5.41) is 12.3. The van der Waals surface area contributed by atoms with Gasteiger partial charge in [-0.2, -0.15) is 5.26 Å². The fourth-order valence-electron chi connectivity index (χ4n) is 3.05. The third-order valence-corrected chi connectivity index (χ3v) is 5.86. The van der Waals surface area contributed by atoms with E-state index in [1.165, 1.54) is 18.2 Å². The smallest absolute Gasteiger partial charge is 0.257 e. The average molecular weight is 452 g/mol. The molecule has 0 atom stereocenters. The SMILES string of the molecule is CS(=O)(=O)c1ccc(C#N)cc1C(=O)Nc1ccc2oc(-c3cccc(Cl)c3)nc2c1. The number of carbonyl (C=O) groups is 1. The Morgan fingerprint density at radius 1 is 1.13 bits per heavy atom. The number of oxazole rings is 1. The molecule has 0 saturated carbocycles. The van der Waals surface area contributed by atoms with E-state index in [2.05, 4.69) is 10.3 Å². The average Bonchev–Trinajstić information content (AvgIpc) is 3.16. The van der Waals surface area contributed by atoms with E-state index in [1.54, 1.807) is 36.4 Å². The van der Waals surface area contributed by atoms with Crippen LogP contribution in [-0.2, 0) is 9.84 Å². The Kier molecular flexibility index (Phi) is 5.23. The van der Waals surface area contributed by atoms with E-state index in [1.807, 2.05) is 12.1 Å². The maximum atomic E-state index is 12.8. The lowest BCUT2D eigenvalue weighted by atomic mass is 10.1. The first kappa shape index (κ1) is 20.6. The van der Waals surface area contributed by atoms with Gasteiger partial charge >= 0.3 is 0 Å². The predicted octanol–water partition coefficient (Wildman–Crippen LogP) is 4.68. The number of nitrogens with zero attached hydrogens (tertiary/aromatic N) is 2. The minimum Gasteiger partial charge on any atom is -0.436 e. The molecule has 1 heterocycles. The Labute approximate surface area is 182 Å². The third kappa shape index (κ3) is 4.28. The van der Waals surface area contributed by atoms with Crippen molar-refractivity contribution in [3.8, 4) is 17.5 Å². The molecule has 154 valence electrons. The number of anilines is 1. The molecule has 4 aromatic rings. The van der Waals surface area contributed by atoms with Gasteiger partial charge in [-0.25, -0.2) is 13.4 Å². The van der Waals surface area contributed by atoms with Crippen LogP contribution in [0.4, 0.5) is 5.69 Å². The molecule has 0 spiro atoms. The number of benzene rings is 3. The molecule has 0 unspecified atom stereocenters. The highest BCUT2D eigenvalue weighted by atomic mass is 35.5. The number of amides is 1. The number of sulfone groups is 1. The van der Waals surface area contributed by atoms with Crippen LogP contribution in [0.1, 0.15) is 15.9 Å². The number of fused-ring (bicyclic) bond motifs is 1. The first-order chi connectivity index (χ1) is 14.7. The Morgan fingerprint density at radius 3 is 2.65 bits per heavy atom. The predicted molar refractivity (Wildman–Crippen MR) is 117 cm³/mol. The molecule has 9 heteroatoms. The summed E-state index contributed by atoms with van der Waals surface area (Å²) in [5.74, 6) is -0.280. The molecule has 1 N–H and O–H groups in total. The monoisotopic (exact) mass is 451 g/mol. The molecule has 4 rings (SSSR count). The number of nitrogens with one attached hydrogen (secondary N) is 1. The summed E-state index contributed by atoms with van der Waals surface area (Å²) in [6, 6.07) is 17.7. The van der Waals surface area contributed by atoms with Crippen molar-refractivity contribution in [2.45, 2.75) is 4.90 Å². The van der Waals surface area contributed by atoms with Gasteiger partial charge in [0.15, 0.2) is 15.4 Å². The number of aromatic nitrogens is 1. The Bertz CT molecular complexity index is 1490. The lowest BCUT2D eigenvalue weighted by Crippen LogP contribution is -2.16. The van der Waals surface area contributed by atoms with Crippen LogP contribution in [0, 0.1) is 11.3 Å². The van der Waals surface area contributed by atoms with Gasteiger partial charge < -0.3 is 9.73 Å². The second-order valence-corrected chi connectivity index (χ2v) is 9.18. The molecule has 0 aliphatic heterocycles. The van der Waals surface area contributed by atoms with E-state index >= 15 is 0 Å². The van der Waals surface area contributed by atoms with Crippen molar-refractivity contribution in [1.82, 2.24) is 4.98 Å². The van der Waals surface area contributed by atoms with E-state index in [4.69, 9.17) is 21.3 Å². The lowest BCUT2D eigenvalue weighted by Gasteiger charge is -2.09. The zero-order chi connectivity index (χ0) is 22.2. The molecule has 0 bridgehead atoms. The van der Waals surface area contributed by atoms with Gasteiger partial charge in [0.2, 0.25) is 5.89 Å². The Morgan fingerprint density at radius 2 is 1.94 bits per heavy atom. The zero-order valence-electron chi connectivity index (χ0n) is 16.1. The second kappa shape index (κ2) is 7.87. The van der Waals surface area contributed by atoms with Crippen molar-refractivity contribution in [2.75, 3.05) is 11.6 Å². The first-order valence-corrected chi connectivity index (χ1v) is 11.2. The van der Waals surface area contributed by atoms with E-state index in [0.29, 0.717) is 33.3 Å². The van der Waals surface area contributed by atoms with Crippen LogP contribution in [0.5, 0.6) is 0 Å². The quantitative estimate of drug-likeness (QED) is 0.482. The molecular formula is C22H14ClN3O4S. The number of carbonyl (C=O) groups excluding carboxylic acids is 1. The van der Waals surface area contributed by atoms with Crippen molar-refractivity contribution in [2.24, 2.45) is 0 Å². The Balaban J connectivity index is 1.68. The van der Waals surface area contributed by atoms with Gasteiger partial charge in [-0.3, -0.25) is 4.79 Å². The summed E-state index contributed by atoms with van der Waals surface area (Å²) < 4.78 is 29.9. The number of nitriles is 1. The molecule has 1 aromatic heterocycles. The second-order valence-electron chi connectivity index (χ2n) is 6.76. The normalized spacial score (nSPS) is 11.3. The van der Waals surface area contributed by atoms with Crippen LogP contribution in [0.25, 0.3) is 22.6 Å². The molecule has 3 aromatic carbocycles. The summed E-state index contributed by atoms with van der Waals surface area (Å²) in [6.07, 6.45) is 1.00. The van der Waals surface area contributed by atoms with Crippen molar-refractivity contribution in [3.05, 3.63) is 76.8 Å². The van der Waals surface area contributed by atoms with Crippen LogP contribution in [0.3, 0.4) is 0 Å². The number of rotatable bonds is 4. The summed E-state index contributed by atoms with van der Waals surface area (Å²) in [7, 11) is -3.67. The topological polar surface area (TPSA) is 113 Å². The minimum atomic E-state index is -3.67. The molecule has 0 saturated heterocycles. The summed E-state index contributed by atoms with van der Waals surface area (Å²) in [4.78, 5) is 17.1. The van der Waals surface area contributed by atoms with Gasteiger partial charge in [-0.1, -0.05) is 17.7 Å². The summed E-state index contributed by atoms with van der Waals surface area (Å²) in [5.41, 5.74) is 2.18. The van der Waals surface area contributed by atoms with Crippen LogP contribution in [0.15, 0.2) is 70.0 Å². The van der Waals surface area contributed by atoms with Gasteiger partial charge in [-0.05, 0) is 54.6 Å². The zero-order valence-corrected chi connectivity index (χ0v) is 17.7. The van der Waals surface area contributed by atoms with Gasteiger partial charge in [0.1, 0.15) is 5.52 Å². The van der Waals surface area contributed by atoms with Crippen LogP contribution in [0.2, 0.25) is 5.02 Å². The molecule has 0 radical (unpaired) electrons. The standard InChI is InChI=1S/C22H14ClN3O4S/c1-31(28,29)20-8-5-13(12-24)9-17(20)21(27)25-16-6-7-19-18(11-16)26-22(30-19)14-3-2-4-15(23)10-14/h2-11H,1H3,(H,25,27). The molecular weight excluding hydrogens is 438 g/mol. The van der Waals surface area contributed by atoms with Crippen LogP contribution >= 0.6 is 11.6 Å². The highest BCUT2D eigenvalue weighted by Gasteiger charge is 2.20. The van der Waals surface area contributed by atoms with Gasteiger partial charge in [0.25, 0.3) is 5.91 Å². The fourth-order valence-corrected chi connectivity index (χ4v) is 4.11. The number of hydrogen-bond donors (Lipinski definition) is 1. The van der Waals surface area contributed by atoms with Crippen molar-refractivity contribution in [3.63, 3.8) is 0 Å². The fraction of sp³-hybridized carbons (Fsp3) is 0.0455. The van der Waals surface area contributed by atoms with Gasteiger partial charge in [0.05, 0.1) is 22.1 Å². The highest BCUT2D eigenvalue weighted by molar-refractivity contribution is 7.90. The van der Waals surface area contributed by atoms with E-state index in [-0.39, 0.29) is 16.0 Å². The minimum absolute atomic E-state index is 0.110. The van der Waals surface area contributed by atoms with Gasteiger partial charge in [0, 0.05) is 22.5 Å². The maximum Gasteiger partial charge on any atom is 0.257 e. The first-order valence-electron chi connectivity index (χ1n) is 8.97. The van der Waals surface area contributed by atoms with Crippen molar-refractivity contribution in [1.29, 1.82) is 5.26 Å². The number of hydrogen-bond acceptors (Lipinski definition) is 6. The van der Waals surface area contributed by atoms with Gasteiger partial charge in [-0.15, -0.1) is 0 Å².